The lowest BCUT2D eigenvalue weighted by molar-refractivity contribution is -0.137. The summed E-state index contributed by atoms with van der Waals surface area (Å²) in [5, 5.41) is 5.97. The second-order valence-electron chi connectivity index (χ2n) is 7.20. The van der Waals surface area contributed by atoms with Crippen LogP contribution in [0.4, 0.5) is 18.9 Å². The van der Waals surface area contributed by atoms with Gasteiger partial charge in [0.05, 0.1) is 22.3 Å². The number of aromatic nitrogens is 1. The van der Waals surface area contributed by atoms with E-state index in [1.807, 2.05) is 24.3 Å². The van der Waals surface area contributed by atoms with E-state index in [-0.39, 0.29) is 11.6 Å². The number of carbonyl (C=O) groups is 2. The summed E-state index contributed by atoms with van der Waals surface area (Å²) in [6.45, 7) is -0.106. The molecule has 0 bridgehead atoms. The molecule has 1 aromatic heterocycles. The van der Waals surface area contributed by atoms with E-state index in [1.165, 1.54) is 35.6 Å². The van der Waals surface area contributed by atoms with Crippen LogP contribution in [0.5, 0.6) is 5.75 Å². The predicted octanol–water partition coefficient (Wildman–Crippen LogP) is 5.26. The highest BCUT2D eigenvalue weighted by atomic mass is 32.1. The molecule has 1 heterocycles. The zero-order valence-electron chi connectivity index (χ0n) is 17.6. The average Bonchev–Trinajstić information content (AvgIpc) is 3.24. The van der Waals surface area contributed by atoms with E-state index >= 15 is 0 Å². The maximum atomic E-state index is 12.8. The molecule has 174 valence electrons. The summed E-state index contributed by atoms with van der Waals surface area (Å²) in [6, 6.07) is 18.2. The molecule has 0 fully saturated rings. The van der Waals surface area contributed by atoms with Gasteiger partial charge < -0.3 is 15.4 Å². The minimum Gasteiger partial charge on any atom is -0.484 e. The molecule has 10 heteroatoms. The summed E-state index contributed by atoms with van der Waals surface area (Å²) in [5.74, 6) is -0.563. The van der Waals surface area contributed by atoms with E-state index in [9.17, 15) is 22.8 Å². The third kappa shape index (κ3) is 5.90. The highest BCUT2D eigenvalue weighted by Crippen LogP contribution is 2.30. The van der Waals surface area contributed by atoms with Gasteiger partial charge in [-0.3, -0.25) is 9.59 Å². The normalized spacial score (nSPS) is 11.3. The number of benzene rings is 3. The minimum absolute atomic E-state index is 0.0172. The zero-order valence-corrected chi connectivity index (χ0v) is 18.4. The SMILES string of the molecule is O=C(COc1ccc(C(=O)NCc2nc3ccccc3s2)cc1)Nc1cccc(C(F)(F)F)c1. The summed E-state index contributed by atoms with van der Waals surface area (Å²) < 4.78 is 44.7. The smallest absolute Gasteiger partial charge is 0.416 e. The molecule has 4 aromatic rings. The molecule has 2 amide bonds. The van der Waals surface area contributed by atoms with Crippen LogP contribution in [0.1, 0.15) is 20.9 Å². The Labute approximate surface area is 196 Å². The van der Waals surface area contributed by atoms with E-state index in [2.05, 4.69) is 15.6 Å². The van der Waals surface area contributed by atoms with Gasteiger partial charge in [-0.25, -0.2) is 4.98 Å². The van der Waals surface area contributed by atoms with Crippen LogP contribution in [0.25, 0.3) is 10.2 Å². The van der Waals surface area contributed by atoms with Crippen molar-refractivity contribution < 1.29 is 27.5 Å². The number of nitrogens with one attached hydrogen (secondary N) is 2. The van der Waals surface area contributed by atoms with Crippen LogP contribution >= 0.6 is 11.3 Å². The molecule has 0 unspecified atom stereocenters. The molecule has 6 nitrogen and oxygen atoms in total. The van der Waals surface area contributed by atoms with Gasteiger partial charge in [0.15, 0.2) is 6.61 Å². The molecular weight excluding hydrogens is 467 g/mol. The zero-order chi connectivity index (χ0) is 24.1. The molecule has 0 atom stereocenters. The number of carbonyl (C=O) groups excluding carboxylic acids is 2. The monoisotopic (exact) mass is 485 g/mol. The third-order valence-corrected chi connectivity index (χ3v) is 5.73. The number of thiazole rings is 1. The van der Waals surface area contributed by atoms with Crippen molar-refractivity contribution in [2.24, 2.45) is 0 Å². The number of fused-ring (bicyclic) bond motifs is 1. The van der Waals surface area contributed by atoms with Crippen molar-refractivity contribution >= 4 is 39.1 Å². The predicted molar refractivity (Wildman–Crippen MR) is 123 cm³/mol. The van der Waals surface area contributed by atoms with Crippen molar-refractivity contribution in [2.45, 2.75) is 12.7 Å². The Morgan fingerprint density at radius 1 is 0.971 bits per heavy atom. The summed E-state index contributed by atoms with van der Waals surface area (Å²) in [4.78, 5) is 28.9. The second kappa shape index (κ2) is 9.92. The number of ether oxygens (including phenoxy) is 1. The maximum absolute atomic E-state index is 12.8. The highest BCUT2D eigenvalue weighted by Gasteiger charge is 2.30. The standard InChI is InChI=1S/C24H18F3N3O3S/c25-24(26,27)16-4-3-5-17(12-16)29-21(31)14-33-18-10-8-15(9-11-18)23(32)28-13-22-30-19-6-1-2-7-20(19)34-22/h1-12H,13-14H2,(H,28,32)(H,29,31). The van der Waals surface area contributed by atoms with Crippen molar-refractivity contribution in [1.82, 2.24) is 10.3 Å². The van der Waals surface area contributed by atoms with Gasteiger partial charge in [0.1, 0.15) is 10.8 Å². The fraction of sp³-hybridized carbons (Fsp3) is 0.125. The summed E-state index contributed by atoms with van der Waals surface area (Å²) in [6.07, 6.45) is -4.50. The number of rotatable bonds is 7. The molecule has 0 saturated carbocycles. The molecule has 0 aliphatic carbocycles. The van der Waals surface area contributed by atoms with Gasteiger partial charge in [0, 0.05) is 11.3 Å². The number of hydrogen-bond acceptors (Lipinski definition) is 5. The fourth-order valence-corrected chi connectivity index (χ4v) is 3.98. The first-order chi connectivity index (χ1) is 16.3. The van der Waals surface area contributed by atoms with Gasteiger partial charge in [0.2, 0.25) is 0 Å². The van der Waals surface area contributed by atoms with Crippen molar-refractivity contribution in [2.75, 3.05) is 11.9 Å². The summed E-state index contributed by atoms with van der Waals surface area (Å²) in [5.41, 5.74) is 0.448. The van der Waals surface area contributed by atoms with Gasteiger partial charge in [0.25, 0.3) is 11.8 Å². The number of nitrogens with zero attached hydrogens (tertiary/aromatic N) is 1. The number of anilines is 1. The number of para-hydroxylation sites is 1. The number of halogens is 3. The summed E-state index contributed by atoms with van der Waals surface area (Å²) in [7, 11) is 0. The Bertz CT molecular complexity index is 1290. The quantitative estimate of drug-likeness (QED) is 0.374. The van der Waals surface area contributed by atoms with Crippen molar-refractivity contribution in [3.63, 3.8) is 0 Å². The first kappa shape index (κ1) is 23.2. The van der Waals surface area contributed by atoms with Crippen LogP contribution in [-0.2, 0) is 17.5 Å². The van der Waals surface area contributed by atoms with E-state index in [0.717, 1.165) is 27.4 Å². The molecule has 0 aliphatic rings. The lowest BCUT2D eigenvalue weighted by Gasteiger charge is -2.11. The molecular formula is C24H18F3N3O3S. The lowest BCUT2D eigenvalue weighted by atomic mass is 10.2. The average molecular weight is 485 g/mol. The fourth-order valence-electron chi connectivity index (χ4n) is 3.08. The van der Waals surface area contributed by atoms with Crippen LogP contribution in [0.15, 0.2) is 72.8 Å². The topological polar surface area (TPSA) is 80.3 Å². The highest BCUT2D eigenvalue weighted by molar-refractivity contribution is 7.18. The van der Waals surface area contributed by atoms with Crippen LogP contribution in [0, 0.1) is 0 Å². The van der Waals surface area contributed by atoms with Crippen molar-refractivity contribution in [3.8, 4) is 5.75 Å². The number of hydrogen-bond donors (Lipinski definition) is 2. The van der Waals surface area contributed by atoms with Crippen LogP contribution < -0.4 is 15.4 Å². The molecule has 2 N–H and O–H groups in total. The molecule has 4 rings (SSSR count). The second-order valence-corrected chi connectivity index (χ2v) is 8.31. The van der Waals surface area contributed by atoms with Gasteiger partial charge in [-0.1, -0.05) is 18.2 Å². The Balaban J connectivity index is 1.27. The Hall–Kier alpha value is -3.92. The Morgan fingerprint density at radius 3 is 2.47 bits per heavy atom. The molecule has 0 saturated heterocycles. The number of amides is 2. The van der Waals surface area contributed by atoms with Crippen LogP contribution in [0.3, 0.4) is 0 Å². The minimum atomic E-state index is -4.50. The van der Waals surface area contributed by atoms with Gasteiger partial charge in [-0.05, 0) is 54.6 Å². The van der Waals surface area contributed by atoms with E-state index in [4.69, 9.17) is 4.74 Å². The molecule has 34 heavy (non-hydrogen) atoms. The van der Waals surface area contributed by atoms with E-state index in [1.54, 1.807) is 12.1 Å². The lowest BCUT2D eigenvalue weighted by Crippen LogP contribution is -2.22. The Morgan fingerprint density at radius 2 is 1.74 bits per heavy atom. The molecule has 3 aromatic carbocycles. The molecule has 0 aliphatic heterocycles. The third-order valence-electron chi connectivity index (χ3n) is 4.70. The van der Waals surface area contributed by atoms with E-state index < -0.39 is 24.3 Å². The Kier molecular flexibility index (Phi) is 6.78. The maximum Gasteiger partial charge on any atom is 0.416 e. The van der Waals surface area contributed by atoms with Gasteiger partial charge in [-0.15, -0.1) is 11.3 Å². The van der Waals surface area contributed by atoms with Crippen LogP contribution in [-0.4, -0.2) is 23.4 Å². The van der Waals surface area contributed by atoms with E-state index in [0.29, 0.717) is 17.9 Å². The van der Waals surface area contributed by atoms with Crippen molar-refractivity contribution in [3.05, 3.63) is 88.9 Å². The first-order valence-corrected chi connectivity index (χ1v) is 10.9. The van der Waals surface area contributed by atoms with Gasteiger partial charge in [-0.2, -0.15) is 13.2 Å². The summed E-state index contributed by atoms with van der Waals surface area (Å²) >= 11 is 1.51. The van der Waals surface area contributed by atoms with Crippen molar-refractivity contribution in [1.29, 1.82) is 0 Å². The number of alkyl halides is 3. The first-order valence-electron chi connectivity index (χ1n) is 10.1. The molecule has 0 spiro atoms. The van der Waals surface area contributed by atoms with Gasteiger partial charge >= 0.3 is 6.18 Å². The molecule has 0 radical (unpaired) electrons. The largest absolute Gasteiger partial charge is 0.484 e. The van der Waals surface area contributed by atoms with Crippen LogP contribution in [0.2, 0.25) is 0 Å².